The first kappa shape index (κ1) is 18.2. The van der Waals surface area contributed by atoms with Crippen molar-refractivity contribution in [3.05, 3.63) is 54.7 Å². The van der Waals surface area contributed by atoms with Crippen LogP contribution in [0.3, 0.4) is 0 Å². The van der Waals surface area contributed by atoms with Crippen molar-refractivity contribution >= 4 is 0 Å². The molecule has 1 nitrogen and oxygen atoms in total. The smallest absolute Gasteiger partial charge is 0.557 e. The van der Waals surface area contributed by atoms with Crippen molar-refractivity contribution in [1.29, 1.82) is 0 Å². The van der Waals surface area contributed by atoms with E-state index in [0.29, 0.717) is 0 Å². The number of hydrogen-bond donors (Lipinski definition) is 0. The Hall–Kier alpha value is -0.197. The van der Waals surface area contributed by atoms with Gasteiger partial charge in [-0.15, -0.1) is 12.8 Å². The van der Waals surface area contributed by atoms with E-state index in [2.05, 4.69) is 62.2 Å². The van der Waals surface area contributed by atoms with Crippen LogP contribution in [0.4, 0.5) is 0 Å². The van der Waals surface area contributed by atoms with Gasteiger partial charge in [0.05, 0.1) is 0 Å². The molecule has 0 aromatic rings. The molecule has 0 N–H and O–H groups in total. The summed E-state index contributed by atoms with van der Waals surface area (Å²) in [5.41, 5.74) is 2.55. The maximum atomic E-state index is 4.00. The van der Waals surface area contributed by atoms with E-state index in [0.717, 1.165) is 12.8 Å². The summed E-state index contributed by atoms with van der Waals surface area (Å²) >= 11 is 0. The minimum absolute atomic E-state index is 0. The second-order valence-electron chi connectivity index (χ2n) is 3.22. The van der Waals surface area contributed by atoms with Crippen LogP contribution in [-0.4, -0.2) is 7.11 Å². The second kappa shape index (κ2) is 12.9. The third kappa shape index (κ3) is 11.9. The maximum Gasteiger partial charge on any atom is 3.00 e. The summed E-state index contributed by atoms with van der Waals surface area (Å²) in [6, 6.07) is 0. The van der Waals surface area contributed by atoms with E-state index >= 15 is 0 Å². The summed E-state index contributed by atoms with van der Waals surface area (Å²) in [6.07, 6.45) is 16.7. The summed E-state index contributed by atoms with van der Waals surface area (Å²) in [5.74, 6) is 0. The van der Waals surface area contributed by atoms with Crippen molar-refractivity contribution in [1.82, 2.24) is 0 Å². The van der Waals surface area contributed by atoms with Crippen molar-refractivity contribution in [3.8, 4) is 0 Å². The molecule has 85 valence electrons. The molecule has 0 bridgehead atoms. The van der Waals surface area contributed by atoms with Crippen LogP contribution < -0.4 is 0 Å². The van der Waals surface area contributed by atoms with Gasteiger partial charge in [0.15, 0.2) is 0 Å². The first-order valence-electron chi connectivity index (χ1n) is 4.96. The fourth-order valence-corrected chi connectivity index (χ4v) is 1.03. The molecule has 0 spiro atoms. The molecule has 2 rings (SSSR count). The van der Waals surface area contributed by atoms with Gasteiger partial charge in [0.2, 0.25) is 0 Å². The third-order valence-corrected chi connectivity index (χ3v) is 1.73. The van der Waals surface area contributed by atoms with Gasteiger partial charge in [0.1, 0.15) is 0 Å². The van der Waals surface area contributed by atoms with Gasteiger partial charge < -0.3 is 4.74 Å². The molecule has 0 fully saturated rings. The van der Waals surface area contributed by atoms with Crippen molar-refractivity contribution in [2.75, 3.05) is 7.11 Å². The Labute approximate surface area is 119 Å². The molecule has 0 amide bonds. The second-order valence-corrected chi connectivity index (χ2v) is 3.22. The molecule has 2 heteroatoms. The number of allylic oxidation sites excluding steroid dienone is 8. The van der Waals surface area contributed by atoms with Gasteiger partial charge in [-0.1, -0.05) is 13.8 Å². The summed E-state index contributed by atoms with van der Waals surface area (Å²) in [7, 11) is 4.50. The van der Waals surface area contributed by atoms with Gasteiger partial charge >= 0.3 is 26.2 Å². The molecule has 16 heavy (non-hydrogen) atoms. The van der Waals surface area contributed by atoms with Crippen LogP contribution >= 0.6 is 0 Å². The Morgan fingerprint density at radius 2 is 1.38 bits per heavy atom. The van der Waals surface area contributed by atoms with E-state index in [-0.39, 0.29) is 26.2 Å². The number of hydrogen-bond acceptors (Lipinski definition) is 1. The predicted octanol–water partition coefficient (Wildman–Crippen LogP) is 3.81. The van der Waals surface area contributed by atoms with Gasteiger partial charge in [0.25, 0.3) is 0 Å². The zero-order chi connectivity index (χ0) is 11.5. The third-order valence-electron chi connectivity index (χ3n) is 1.73. The molecule has 0 heterocycles. The quantitative estimate of drug-likeness (QED) is 0.617. The van der Waals surface area contributed by atoms with E-state index in [1.807, 2.05) is 0 Å². The van der Waals surface area contributed by atoms with Crippen LogP contribution in [0, 0.1) is 19.3 Å². The number of ether oxygens (including phenoxy) is 1. The van der Waals surface area contributed by atoms with Gasteiger partial charge in [-0.2, -0.15) is 12.2 Å². The SMILES string of the molecule is CC1=[C-]CC=C1.CC1=[C-]CC=C1.[CH2-]OC.[Zr+3]. The Morgan fingerprint density at radius 1 is 1.06 bits per heavy atom. The molecule has 0 saturated carbocycles. The monoisotopic (exact) mass is 293 g/mol. The van der Waals surface area contributed by atoms with Gasteiger partial charge in [-0.3, -0.25) is 12.2 Å². The summed E-state index contributed by atoms with van der Waals surface area (Å²) in [5, 5.41) is 0. The van der Waals surface area contributed by atoms with Crippen LogP contribution in [0.25, 0.3) is 0 Å². The fraction of sp³-hybridized carbons (Fsp3) is 0.357. The molecular formula is C14H19OZr. The minimum atomic E-state index is 0. The summed E-state index contributed by atoms with van der Waals surface area (Å²) < 4.78 is 4.00. The number of methoxy groups -OCH3 is 1. The van der Waals surface area contributed by atoms with E-state index in [1.54, 1.807) is 0 Å². The molecule has 0 aromatic carbocycles. The molecule has 2 aliphatic carbocycles. The van der Waals surface area contributed by atoms with Crippen molar-refractivity contribution < 1.29 is 30.9 Å². The van der Waals surface area contributed by atoms with Crippen LogP contribution in [0.2, 0.25) is 0 Å². The van der Waals surface area contributed by atoms with Crippen LogP contribution in [0.15, 0.2) is 35.5 Å². The topological polar surface area (TPSA) is 9.23 Å². The average molecular weight is 295 g/mol. The first-order chi connectivity index (χ1) is 7.20. The largest absolute Gasteiger partial charge is 3.00 e. The Kier molecular flexibility index (Phi) is 14.6. The summed E-state index contributed by atoms with van der Waals surface area (Å²) in [6.45, 7) is 4.12. The molecule has 0 aliphatic heterocycles. The van der Waals surface area contributed by atoms with Gasteiger partial charge in [0, 0.05) is 0 Å². The normalized spacial score (nSPS) is 15.0. The average Bonchev–Trinajstić information content (AvgIpc) is 2.81. The van der Waals surface area contributed by atoms with E-state index in [1.165, 1.54) is 18.3 Å². The first-order valence-corrected chi connectivity index (χ1v) is 4.96. The van der Waals surface area contributed by atoms with E-state index in [4.69, 9.17) is 0 Å². The molecule has 0 aromatic heterocycles. The minimum Gasteiger partial charge on any atom is -0.557 e. The predicted molar refractivity (Wildman–Crippen MR) is 64.7 cm³/mol. The zero-order valence-corrected chi connectivity index (χ0v) is 12.8. The van der Waals surface area contributed by atoms with Crippen LogP contribution in [0.5, 0.6) is 0 Å². The van der Waals surface area contributed by atoms with Gasteiger partial charge in [-0.05, 0) is 7.11 Å². The summed E-state index contributed by atoms with van der Waals surface area (Å²) in [4.78, 5) is 0. The van der Waals surface area contributed by atoms with Crippen molar-refractivity contribution in [3.63, 3.8) is 0 Å². The Bertz CT molecular complexity index is 239. The van der Waals surface area contributed by atoms with Crippen LogP contribution in [0.1, 0.15) is 26.7 Å². The molecule has 0 unspecified atom stereocenters. The maximum absolute atomic E-state index is 4.00. The zero-order valence-electron chi connectivity index (χ0n) is 10.3. The van der Waals surface area contributed by atoms with E-state index < -0.39 is 0 Å². The number of rotatable bonds is 0. The Morgan fingerprint density at radius 3 is 1.44 bits per heavy atom. The molecule has 0 atom stereocenters. The molecular weight excluding hydrogens is 275 g/mol. The molecule has 1 radical (unpaired) electrons. The standard InChI is InChI=1S/2C6H7.C2H5O.Zr/c2*1-6-4-2-3-5-6;1-3-2;/h2*2,4H,3H2,1H3;1H2,2H3;/q3*-1;+3. The van der Waals surface area contributed by atoms with E-state index in [9.17, 15) is 0 Å². The Balaban J connectivity index is 0. The van der Waals surface area contributed by atoms with Gasteiger partial charge in [-0.25, -0.2) is 30.4 Å². The fourth-order valence-electron chi connectivity index (χ4n) is 1.03. The van der Waals surface area contributed by atoms with Crippen molar-refractivity contribution in [2.45, 2.75) is 26.7 Å². The molecule has 0 saturated heterocycles. The van der Waals surface area contributed by atoms with Crippen molar-refractivity contribution in [2.24, 2.45) is 0 Å². The van der Waals surface area contributed by atoms with Crippen LogP contribution in [-0.2, 0) is 30.9 Å². The molecule has 2 aliphatic rings.